The predicted molar refractivity (Wildman–Crippen MR) is 71.0 cm³/mol. The molecule has 0 N–H and O–H groups in total. The van der Waals surface area contributed by atoms with Crippen LogP contribution in [-0.2, 0) is 9.09 Å². The van der Waals surface area contributed by atoms with Gasteiger partial charge in [-0.2, -0.15) is 0 Å². The van der Waals surface area contributed by atoms with E-state index in [1.54, 1.807) is 0 Å². The van der Waals surface area contributed by atoms with Crippen LogP contribution in [0.2, 0.25) is 0 Å². The van der Waals surface area contributed by atoms with Crippen molar-refractivity contribution in [3.8, 4) is 0 Å². The molecule has 0 saturated heterocycles. The third kappa shape index (κ3) is 55.7. The van der Waals surface area contributed by atoms with E-state index in [0.29, 0.717) is 6.61 Å². The minimum absolute atomic E-state index is 0.582. The minimum atomic E-state index is -0.582. The second-order valence-corrected chi connectivity index (χ2v) is 3.74. The molecule has 0 aliphatic carbocycles. The van der Waals surface area contributed by atoms with Gasteiger partial charge in [-0.1, -0.05) is 66.7 Å². The minimum Gasteiger partial charge on any atom is -0.148 e. The summed E-state index contributed by atoms with van der Waals surface area (Å²) in [4.78, 5) is 0. The molecule has 0 radical (unpaired) electrons. The summed E-state index contributed by atoms with van der Waals surface area (Å²) >= 11 is 0. The van der Waals surface area contributed by atoms with Gasteiger partial charge < -0.3 is 0 Å². The van der Waals surface area contributed by atoms with E-state index in [1.165, 1.54) is 25.7 Å². The maximum atomic E-state index is 9.61. The largest absolute Gasteiger partial charge is 0.494 e. The van der Waals surface area contributed by atoms with Crippen molar-refractivity contribution in [2.75, 3.05) is 6.61 Å². The highest BCUT2D eigenvalue weighted by Gasteiger charge is 1.87. The van der Waals surface area contributed by atoms with Gasteiger partial charge in [0.25, 0.3) is 0 Å². The van der Waals surface area contributed by atoms with Gasteiger partial charge in [0.2, 0.25) is 0 Å². The van der Waals surface area contributed by atoms with E-state index in [-0.39, 0.29) is 0 Å². The van der Waals surface area contributed by atoms with Crippen molar-refractivity contribution in [1.29, 1.82) is 0 Å². The highest BCUT2D eigenvalue weighted by Crippen LogP contribution is 1.96. The fraction of sp³-hybridized carbons (Fsp3) is 1.00. The highest BCUT2D eigenvalue weighted by atomic mass is 31.1. The van der Waals surface area contributed by atoms with E-state index < -0.39 is 8.69 Å². The van der Waals surface area contributed by atoms with Crippen LogP contribution in [0.4, 0.5) is 0 Å². The van der Waals surface area contributed by atoms with Gasteiger partial charge in [0.1, 0.15) is 6.61 Å². The molecule has 0 spiro atoms. The zero-order valence-corrected chi connectivity index (χ0v) is 12.3. The summed E-state index contributed by atoms with van der Waals surface area (Å²) in [7, 11) is -0.582. The van der Waals surface area contributed by atoms with E-state index in [9.17, 15) is 4.57 Å². The molecule has 0 amide bonds. The lowest BCUT2D eigenvalue weighted by Crippen LogP contribution is -1.79. The standard InChI is InChI=1S/C4H10O2P.2C4H10/c1-2-3-4-6-7-5;2*1-3-4-2/h7H,2-4H2,1H3;2*3-4H2,1-2H3/q+1;;. The molecule has 0 aromatic carbocycles. The van der Waals surface area contributed by atoms with E-state index in [4.69, 9.17) is 0 Å². The molecule has 0 aliphatic rings. The Morgan fingerprint density at radius 2 is 1.20 bits per heavy atom. The second-order valence-electron chi connectivity index (χ2n) is 3.29. The quantitative estimate of drug-likeness (QED) is 0.459. The Morgan fingerprint density at radius 3 is 1.40 bits per heavy atom. The smallest absolute Gasteiger partial charge is 0.148 e. The van der Waals surface area contributed by atoms with E-state index in [0.717, 1.165) is 12.8 Å². The van der Waals surface area contributed by atoms with Crippen molar-refractivity contribution in [2.45, 2.75) is 73.1 Å². The lowest BCUT2D eigenvalue weighted by atomic mass is 10.4. The summed E-state index contributed by atoms with van der Waals surface area (Å²) in [6, 6.07) is 0. The van der Waals surface area contributed by atoms with Gasteiger partial charge in [-0.15, -0.1) is 4.52 Å². The summed E-state index contributed by atoms with van der Waals surface area (Å²) < 4.78 is 14.2. The summed E-state index contributed by atoms with van der Waals surface area (Å²) in [5.74, 6) is 0. The van der Waals surface area contributed by atoms with E-state index >= 15 is 0 Å². The van der Waals surface area contributed by atoms with Crippen molar-refractivity contribution < 1.29 is 9.09 Å². The van der Waals surface area contributed by atoms with Crippen LogP contribution in [0.1, 0.15) is 73.1 Å². The Kier molecular flexibility index (Phi) is 39.9. The zero-order valence-electron chi connectivity index (χ0n) is 11.3. The van der Waals surface area contributed by atoms with Crippen LogP contribution < -0.4 is 0 Å². The maximum Gasteiger partial charge on any atom is 0.494 e. The molecular formula is C12H30O2P+. The molecule has 0 heterocycles. The van der Waals surface area contributed by atoms with Crippen molar-refractivity contribution in [3.05, 3.63) is 0 Å². The van der Waals surface area contributed by atoms with E-state index in [1.807, 2.05) is 0 Å². The number of hydrogen-bond acceptors (Lipinski definition) is 2. The van der Waals surface area contributed by atoms with E-state index in [2.05, 4.69) is 39.1 Å². The second kappa shape index (κ2) is 29.2. The van der Waals surface area contributed by atoms with Crippen LogP contribution in [0.15, 0.2) is 0 Å². The van der Waals surface area contributed by atoms with Crippen molar-refractivity contribution in [1.82, 2.24) is 0 Å². The van der Waals surface area contributed by atoms with Crippen LogP contribution in [0.3, 0.4) is 0 Å². The fourth-order valence-corrected chi connectivity index (χ4v) is 0.486. The molecule has 0 aromatic heterocycles. The van der Waals surface area contributed by atoms with Gasteiger partial charge in [0.15, 0.2) is 0 Å². The van der Waals surface area contributed by atoms with Gasteiger partial charge in [0.05, 0.1) is 0 Å². The molecule has 1 atom stereocenters. The predicted octanol–water partition coefficient (Wildman–Crippen LogP) is 5.35. The average Bonchev–Trinajstić information content (AvgIpc) is 2.30. The lowest BCUT2D eigenvalue weighted by Gasteiger charge is -1.81. The third-order valence-electron chi connectivity index (χ3n) is 1.66. The SMILES string of the molecule is CCCC.CCCC.CCCCO[PH+]=O. The molecule has 0 aromatic rings. The normalized spacial score (nSPS) is 8.60. The molecule has 0 saturated carbocycles. The topological polar surface area (TPSA) is 26.3 Å². The average molecular weight is 237 g/mol. The molecule has 1 unspecified atom stereocenters. The summed E-state index contributed by atoms with van der Waals surface area (Å²) in [5, 5.41) is 0. The first kappa shape index (κ1) is 20.5. The van der Waals surface area contributed by atoms with Crippen LogP contribution in [-0.4, -0.2) is 6.61 Å². The first-order chi connectivity index (χ1) is 7.24. The number of hydrogen-bond donors (Lipinski definition) is 0. The van der Waals surface area contributed by atoms with Crippen molar-refractivity contribution >= 4 is 8.69 Å². The first-order valence-corrected chi connectivity index (χ1v) is 7.05. The molecule has 2 nitrogen and oxygen atoms in total. The Bertz CT molecular complexity index is 79.7. The zero-order chi connectivity index (χ0) is 12.4. The Morgan fingerprint density at radius 1 is 0.800 bits per heavy atom. The molecule has 15 heavy (non-hydrogen) atoms. The van der Waals surface area contributed by atoms with Gasteiger partial charge in [-0.3, -0.25) is 0 Å². The third-order valence-corrected chi connectivity index (χ3v) is 1.98. The van der Waals surface area contributed by atoms with Gasteiger partial charge in [-0.25, -0.2) is 0 Å². The van der Waals surface area contributed by atoms with Crippen LogP contribution in [0, 0.1) is 0 Å². The maximum absolute atomic E-state index is 9.61. The van der Waals surface area contributed by atoms with Crippen LogP contribution in [0.5, 0.6) is 0 Å². The monoisotopic (exact) mass is 237 g/mol. The molecule has 0 fully saturated rings. The van der Waals surface area contributed by atoms with Crippen LogP contribution in [0.25, 0.3) is 0 Å². The Balaban J connectivity index is -0.000000155. The van der Waals surface area contributed by atoms with Crippen LogP contribution >= 0.6 is 8.69 Å². The van der Waals surface area contributed by atoms with Crippen molar-refractivity contribution in [2.24, 2.45) is 0 Å². The molecule has 3 heteroatoms. The Labute approximate surface area is 98.1 Å². The molecule has 94 valence electrons. The number of rotatable bonds is 6. The summed E-state index contributed by atoms with van der Waals surface area (Å²) in [5.41, 5.74) is 0. The number of unbranched alkanes of at least 4 members (excludes halogenated alkanes) is 3. The molecule has 0 bridgehead atoms. The highest BCUT2D eigenvalue weighted by molar-refractivity contribution is 7.17. The van der Waals surface area contributed by atoms with Gasteiger partial charge in [-0.05, 0) is 11.0 Å². The molecule has 0 aliphatic heterocycles. The summed E-state index contributed by atoms with van der Waals surface area (Å²) in [6.07, 6.45) is 7.39. The fourth-order valence-electron chi connectivity index (χ4n) is 0.258. The molecule has 0 rings (SSSR count). The van der Waals surface area contributed by atoms with Gasteiger partial charge >= 0.3 is 8.69 Å². The Hall–Kier alpha value is 0.0600. The van der Waals surface area contributed by atoms with Crippen molar-refractivity contribution in [3.63, 3.8) is 0 Å². The van der Waals surface area contributed by atoms with Gasteiger partial charge in [0, 0.05) is 0 Å². The lowest BCUT2D eigenvalue weighted by molar-refractivity contribution is 0.334. The molecular weight excluding hydrogens is 207 g/mol. The summed E-state index contributed by atoms with van der Waals surface area (Å²) in [6.45, 7) is 11.4. The first-order valence-electron chi connectivity index (χ1n) is 6.23.